The summed E-state index contributed by atoms with van der Waals surface area (Å²) in [4.78, 5) is 15.4. The summed E-state index contributed by atoms with van der Waals surface area (Å²) < 4.78 is 13.7. The monoisotopic (exact) mass is 330 g/mol. The molecule has 0 radical (unpaired) electrons. The van der Waals surface area contributed by atoms with Gasteiger partial charge in [0, 0.05) is 28.2 Å². The summed E-state index contributed by atoms with van der Waals surface area (Å²) in [6.45, 7) is 2.44. The quantitative estimate of drug-likeness (QED) is 0.738. The van der Waals surface area contributed by atoms with Crippen molar-refractivity contribution in [3.8, 4) is 0 Å². The minimum atomic E-state index is -0.613. The third kappa shape index (κ3) is 3.22. The van der Waals surface area contributed by atoms with Crippen molar-refractivity contribution in [3.05, 3.63) is 70.1 Å². The second kappa shape index (κ2) is 6.42. The first-order valence-corrected chi connectivity index (χ1v) is 7.73. The molecule has 0 aliphatic rings. The molecule has 3 aromatic rings. The number of benzene rings is 2. The number of aromatic amines is 1. The van der Waals surface area contributed by atoms with E-state index in [1.165, 1.54) is 12.1 Å². The molecule has 0 bridgehead atoms. The van der Waals surface area contributed by atoms with Crippen molar-refractivity contribution in [1.29, 1.82) is 0 Å². The summed E-state index contributed by atoms with van der Waals surface area (Å²) in [5, 5.41) is 4.18. The number of carbonyl (C=O) groups excluding carboxylic acids is 1. The van der Waals surface area contributed by atoms with Crippen molar-refractivity contribution >= 4 is 28.4 Å². The Morgan fingerprint density at radius 1 is 1.26 bits per heavy atom. The van der Waals surface area contributed by atoms with E-state index >= 15 is 0 Å². The molecule has 0 unspecified atom stereocenters. The third-order valence-corrected chi connectivity index (χ3v) is 4.10. The normalized spacial score (nSPS) is 10.9. The van der Waals surface area contributed by atoms with Gasteiger partial charge >= 0.3 is 0 Å². The second-order valence-corrected chi connectivity index (χ2v) is 5.84. The Morgan fingerprint density at radius 3 is 2.83 bits per heavy atom. The molecule has 2 N–H and O–H groups in total. The van der Waals surface area contributed by atoms with Crippen LogP contribution in [0.4, 0.5) is 4.39 Å². The zero-order chi connectivity index (χ0) is 16.4. The zero-order valence-corrected chi connectivity index (χ0v) is 13.4. The van der Waals surface area contributed by atoms with Crippen LogP contribution in [0.25, 0.3) is 10.9 Å². The van der Waals surface area contributed by atoms with Gasteiger partial charge in [-0.2, -0.15) is 0 Å². The van der Waals surface area contributed by atoms with Crippen LogP contribution in [0, 0.1) is 12.7 Å². The summed E-state index contributed by atoms with van der Waals surface area (Å²) in [5.41, 5.74) is 3.33. The maximum Gasteiger partial charge on any atom is 0.254 e. The molecule has 0 aliphatic heterocycles. The Labute approximate surface area is 138 Å². The first kappa shape index (κ1) is 15.6. The van der Waals surface area contributed by atoms with Gasteiger partial charge in [0.2, 0.25) is 0 Å². The lowest BCUT2D eigenvalue weighted by molar-refractivity contribution is 0.0950. The average molecular weight is 331 g/mol. The van der Waals surface area contributed by atoms with Gasteiger partial charge in [-0.3, -0.25) is 4.79 Å². The van der Waals surface area contributed by atoms with E-state index in [0.717, 1.165) is 28.2 Å². The average Bonchev–Trinajstić information content (AvgIpc) is 2.83. The largest absolute Gasteiger partial charge is 0.358 e. The third-order valence-electron chi connectivity index (χ3n) is 3.86. The van der Waals surface area contributed by atoms with E-state index in [4.69, 9.17) is 11.6 Å². The van der Waals surface area contributed by atoms with Gasteiger partial charge in [0.05, 0.1) is 5.56 Å². The van der Waals surface area contributed by atoms with Gasteiger partial charge in [-0.25, -0.2) is 4.39 Å². The fraction of sp³-hybridized carbons (Fsp3) is 0.167. The van der Waals surface area contributed by atoms with Crippen molar-refractivity contribution in [3.63, 3.8) is 0 Å². The van der Waals surface area contributed by atoms with Gasteiger partial charge in [0.25, 0.3) is 5.91 Å². The molecule has 23 heavy (non-hydrogen) atoms. The summed E-state index contributed by atoms with van der Waals surface area (Å²) in [6.07, 6.45) is 0.677. The van der Waals surface area contributed by atoms with Crippen LogP contribution in [0.15, 0.2) is 42.5 Å². The lowest BCUT2D eigenvalue weighted by atomic mass is 10.1. The molecule has 1 aromatic heterocycles. The number of rotatable bonds is 4. The molecule has 2 aromatic carbocycles. The van der Waals surface area contributed by atoms with Gasteiger partial charge in [-0.15, -0.1) is 0 Å². The molecule has 3 nitrogen and oxygen atoms in total. The first-order valence-electron chi connectivity index (χ1n) is 7.35. The van der Waals surface area contributed by atoms with Crippen molar-refractivity contribution in [2.24, 2.45) is 0 Å². The first-order chi connectivity index (χ1) is 11.1. The number of fused-ring (bicyclic) bond motifs is 1. The Balaban J connectivity index is 1.69. The summed E-state index contributed by atoms with van der Waals surface area (Å²) in [6, 6.07) is 12.1. The SMILES string of the molecule is Cc1[nH]c2ccccc2c1CCNC(=O)c1ccc(Cl)cc1F. The molecule has 1 amide bonds. The van der Waals surface area contributed by atoms with Gasteiger partial charge in [-0.05, 0) is 43.2 Å². The maximum absolute atomic E-state index is 13.7. The maximum atomic E-state index is 13.7. The highest BCUT2D eigenvalue weighted by Crippen LogP contribution is 2.22. The van der Waals surface area contributed by atoms with Crippen molar-refractivity contribution in [1.82, 2.24) is 10.3 Å². The summed E-state index contributed by atoms with van der Waals surface area (Å²) in [5.74, 6) is -1.05. The summed E-state index contributed by atoms with van der Waals surface area (Å²) >= 11 is 5.69. The number of carbonyl (C=O) groups is 1. The number of H-pyrrole nitrogens is 1. The highest BCUT2D eigenvalue weighted by atomic mass is 35.5. The van der Waals surface area contributed by atoms with Crippen LogP contribution in [0.2, 0.25) is 5.02 Å². The van der Waals surface area contributed by atoms with Crippen LogP contribution < -0.4 is 5.32 Å². The number of nitrogens with one attached hydrogen (secondary N) is 2. The molecule has 118 valence electrons. The van der Waals surface area contributed by atoms with Gasteiger partial charge in [-0.1, -0.05) is 29.8 Å². The number of hydrogen-bond acceptors (Lipinski definition) is 1. The van der Waals surface area contributed by atoms with Crippen molar-refractivity contribution < 1.29 is 9.18 Å². The predicted molar refractivity (Wildman–Crippen MR) is 90.5 cm³/mol. The molecule has 0 aliphatic carbocycles. The van der Waals surface area contributed by atoms with Crippen LogP contribution in [-0.2, 0) is 6.42 Å². The van der Waals surface area contributed by atoms with E-state index in [9.17, 15) is 9.18 Å². The summed E-state index contributed by atoms with van der Waals surface area (Å²) in [7, 11) is 0. The minimum absolute atomic E-state index is 0.00467. The molecule has 0 fully saturated rings. The van der Waals surface area contributed by atoms with Crippen LogP contribution in [0.3, 0.4) is 0 Å². The number of hydrogen-bond donors (Lipinski definition) is 2. The Kier molecular flexibility index (Phi) is 4.35. The lowest BCUT2D eigenvalue weighted by Gasteiger charge is -2.07. The molecule has 0 spiro atoms. The molecule has 3 rings (SSSR count). The van der Waals surface area contributed by atoms with Crippen LogP contribution in [0.5, 0.6) is 0 Å². The van der Waals surface area contributed by atoms with Gasteiger partial charge in [0.1, 0.15) is 5.82 Å². The standard InChI is InChI=1S/C18H16ClFN2O/c1-11-13(14-4-2-3-5-17(14)22-11)8-9-21-18(23)15-7-6-12(19)10-16(15)20/h2-7,10,22H,8-9H2,1H3,(H,21,23). The topological polar surface area (TPSA) is 44.9 Å². The molecule has 1 heterocycles. The van der Waals surface area contributed by atoms with Crippen LogP contribution >= 0.6 is 11.6 Å². The minimum Gasteiger partial charge on any atom is -0.358 e. The Hall–Kier alpha value is -2.33. The van der Waals surface area contributed by atoms with E-state index in [1.54, 1.807) is 0 Å². The number of halogens is 2. The highest BCUT2D eigenvalue weighted by Gasteiger charge is 2.12. The number of para-hydroxylation sites is 1. The number of amides is 1. The van der Waals surface area contributed by atoms with Gasteiger partial charge in [0.15, 0.2) is 0 Å². The predicted octanol–water partition coefficient (Wildman–Crippen LogP) is 4.24. The molecule has 0 saturated carbocycles. The lowest BCUT2D eigenvalue weighted by Crippen LogP contribution is -2.26. The van der Waals surface area contributed by atoms with Crippen LogP contribution in [-0.4, -0.2) is 17.4 Å². The molecule has 0 atom stereocenters. The highest BCUT2D eigenvalue weighted by molar-refractivity contribution is 6.30. The smallest absolute Gasteiger partial charge is 0.254 e. The molecule has 5 heteroatoms. The molecule has 0 saturated heterocycles. The fourth-order valence-electron chi connectivity index (χ4n) is 2.73. The van der Waals surface area contributed by atoms with E-state index in [0.29, 0.717) is 13.0 Å². The van der Waals surface area contributed by atoms with Gasteiger partial charge < -0.3 is 10.3 Å². The number of aromatic nitrogens is 1. The Bertz CT molecular complexity index is 873. The zero-order valence-electron chi connectivity index (χ0n) is 12.6. The van der Waals surface area contributed by atoms with E-state index < -0.39 is 11.7 Å². The van der Waals surface area contributed by atoms with E-state index in [-0.39, 0.29) is 10.6 Å². The van der Waals surface area contributed by atoms with E-state index in [1.807, 2.05) is 25.1 Å². The Morgan fingerprint density at radius 2 is 2.04 bits per heavy atom. The van der Waals surface area contributed by atoms with Crippen molar-refractivity contribution in [2.45, 2.75) is 13.3 Å². The number of aryl methyl sites for hydroxylation is 1. The molecular formula is C18H16ClFN2O. The van der Waals surface area contributed by atoms with E-state index in [2.05, 4.69) is 16.4 Å². The fourth-order valence-corrected chi connectivity index (χ4v) is 2.89. The second-order valence-electron chi connectivity index (χ2n) is 5.40. The van der Waals surface area contributed by atoms with Crippen LogP contribution in [0.1, 0.15) is 21.6 Å². The van der Waals surface area contributed by atoms with Crippen molar-refractivity contribution in [2.75, 3.05) is 6.54 Å². The molecular weight excluding hydrogens is 315 g/mol.